The second-order valence-corrected chi connectivity index (χ2v) is 6.20. The van der Waals surface area contributed by atoms with E-state index in [1.54, 1.807) is 4.68 Å². The van der Waals surface area contributed by atoms with Crippen molar-refractivity contribution in [2.75, 3.05) is 6.61 Å². The molecule has 0 saturated carbocycles. The molecule has 0 aliphatic heterocycles. The Morgan fingerprint density at radius 1 is 1.23 bits per heavy atom. The first-order valence-electron chi connectivity index (χ1n) is 7.51. The summed E-state index contributed by atoms with van der Waals surface area (Å²) in [7, 11) is 0. The zero-order chi connectivity index (χ0) is 16.2. The smallest absolute Gasteiger partial charge is 0.185 e. The molecule has 0 saturated heterocycles. The summed E-state index contributed by atoms with van der Waals surface area (Å²) in [5.74, 6) is 0.840. The van der Waals surface area contributed by atoms with Crippen LogP contribution in [0.2, 0.25) is 0 Å². The minimum Gasteiger partial charge on any atom is -0.492 e. The van der Waals surface area contributed by atoms with E-state index in [2.05, 4.69) is 49.3 Å². The van der Waals surface area contributed by atoms with Gasteiger partial charge in [-0.05, 0) is 29.5 Å². The number of hydrogen-bond donors (Lipinski definition) is 0. The molecule has 5 heteroatoms. The van der Waals surface area contributed by atoms with Crippen molar-refractivity contribution in [2.45, 2.75) is 46.1 Å². The Bertz CT molecular complexity index is 659. The van der Waals surface area contributed by atoms with E-state index in [1.807, 2.05) is 19.1 Å². The van der Waals surface area contributed by atoms with Gasteiger partial charge in [-0.3, -0.25) is 0 Å². The molecule has 0 aliphatic carbocycles. The van der Waals surface area contributed by atoms with Crippen molar-refractivity contribution < 1.29 is 4.74 Å². The molecule has 0 N–H and O–H groups in total. The molecule has 0 amide bonds. The van der Waals surface area contributed by atoms with Crippen LogP contribution in [-0.2, 0) is 18.4 Å². The first-order valence-corrected chi connectivity index (χ1v) is 7.51. The number of aromatic nitrogens is 3. The van der Waals surface area contributed by atoms with Crippen LogP contribution >= 0.6 is 0 Å². The molecule has 0 fully saturated rings. The second kappa shape index (κ2) is 6.61. The van der Waals surface area contributed by atoms with Gasteiger partial charge in [0.2, 0.25) is 0 Å². The van der Waals surface area contributed by atoms with Crippen molar-refractivity contribution in [3.05, 3.63) is 41.2 Å². The molecule has 2 rings (SSSR count). The number of ether oxygens (including phenoxy) is 1. The zero-order valence-electron chi connectivity index (χ0n) is 13.6. The molecule has 0 bridgehead atoms. The van der Waals surface area contributed by atoms with Crippen molar-refractivity contribution in [3.8, 4) is 11.8 Å². The fourth-order valence-electron chi connectivity index (χ4n) is 2.25. The van der Waals surface area contributed by atoms with E-state index < -0.39 is 0 Å². The summed E-state index contributed by atoms with van der Waals surface area (Å²) in [4.78, 5) is 0. The number of nitriles is 1. The van der Waals surface area contributed by atoms with Gasteiger partial charge in [0, 0.05) is 0 Å². The SMILES string of the molecule is CCc1c(C#N)nnn1CCOc1ccc(C(C)(C)C)cc1. The third kappa shape index (κ3) is 3.64. The van der Waals surface area contributed by atoms with Gasteiger partial charge in [0.05, 0.1) is 12.2 Å². The van der Waals surface area contributed by atoms with Gasteiger partial charge in [-0.15, -0.1) is 5.10 Å². The maximum Gasteiger partial charge on any atom is 0.185 e. The lowest BCUT2D eigenvalue weighted by Crippen LogP contribution is -2.13. The Balaban J connectivity index is 1.94. The normalized spacial score (nSPS) is 11.2. The maximum absolute atomic E-state index is 8.96. The molecule has 5 nitrogen and oxygen atoms in total. The first-order chi connectivity index (χ1) is 10.5. The van der Waals surface area contributed by atoms with Crippen LogP contribution < -0.4 is 4.74 Å². The van der Waals surface area contributed by atoms with Crippen molar-refractivity contribution in [3.63, 3.8) is 0 Å². The van der Waals surface area contributed by atoms with Crippen molar-refractivity contribution in [1.29, 1.82) is 5.26 Å². The average molecular weight is 298 g/mol. The molecule has 116 valence electrons. The predicted molar refractivity (Wildman–Crippen MR) is 84.8 cm³/mol. The molecule has 2 aromatic rings. The lowest BCUT2D eigenvalue weighted by molar-refractivity contribution is 0.287. The van der Waals surface area contributed by atoms with Crippen LogP contribution in [0.25, 0.3) is 0 Å². The summed E-state index contributed by atoms with van der Waals surface area (Å²) in [6, 6.07) is 10.2. The highest BCUT2D eigenvalue weighted by Gasteiger charge is 2.13. The van der Waals surface area contributed by atoms with Gasteiger partial charge in [-0.1, -0.05) is 45.0 Å². The molecular weight excluding hydrogens is 276 g/mol. The summed E-state index contributed by atoms with van der Waals surface area (Å²) < 4.78 is 7.49. The summed E-state index contributed by atoms with van der Waals surface area (Å²) >= 11 is 0. The van der Waals surface area contributed by atoms with Crippen LogP contribution in [0.1, 0.15) is 44.6 Å². The van der Waals surface area contributed by atoms with E-state index >= 15 is 0 Å². The zero-order valence-corrected chi connectivity index (χ0v) is 13.6. The Morgan fingerprint density at radius 2 is 1.91 bits per heavy atom. The molecule has 22 heavy (non-hydrogen) atoms. The monoisotopic (exact) mass is 298 g/mol. The van der Waals surface area contributed by atoms with Gasteiger partial charge in [-0.2, -0.15) is 5.26 Å². The summed E-state index contributed by atoms with van der Waals surface area (Å²) in [6.07, 6.45) is 0.732. The van der Waals surface area contributed by atoms with Gasteiger partial charge in [0.25, 0.3) is 0 Å². The van der Waals surface area contributed by atoms with Gasteiger partial charge in [0.15, 0.2) is 5.69 Å². The van der Waals surface area contributed by atoms with Crippen molar-refractivity contribution in [1.82, 2.24) is 15.0 Å². The minimum absolute atomic E-state index is 0.142. The Labute approximate surface area is 131 Å². The fourth-order valence-corrected chi connectivity index (χ4v) is 2.25. The predicted octanol–water partition coefficient (Wildman–Crippen LogP) is 3.09. The second-order valence-electron chi connectivity index (χ2n) is 6.20. The number of rotatable bonds is 5. The first kappa shape index (κ1) is 16.0. The van der Waals surface area contributed by atoms with Gasteiger partial charge in [-0.25, -0.2) is 4.68 Å². The van der Waals surface area contributed by atoms with E-state index in [0.717, 1.165) is 17.9 Å². The molecule has 0 atom stereocenters. The lowest BCUT2D eigenvalue weighted by Gasteiger charge is -2.19. The number of nitrogens with zero attached hydrogens (tertiary/aromatic N) is 4. The largest absolute Gasteiger partial charge is 0.492 e. The number of benzene rings is 1. The van der Waals surface area contributed by atoms with E-state index in [4.69, 9.17) is 10.00 Å². The molecule has 0 radical (unpaired) electrons. The average Bonchev–Trinajstić information content (AvgIpc) is 2.89. The van der Waals surface area contributed by atoms with Gasteiger partial charge >= 0.3 is 0 Å². The van der Waals surface area contributed by atoms with E-state index in [9.17, 15) is 0 Å². The quantitative estimate of drug-likeness (QED) is 0.851. The number of hydrogen-bond acceptors (Lipinski definition) is 4. The summed E-state index contributed by atoms with van der Waals surface area (Å²) in [5.41, 5.74) is 2.68. The van der Waals surface area contributed by atoms with Crippen LogP contribution in [0, 0.1) is 11.3 Å². The van der Waals surface area contributed by atoms with E-state index in [0.29, 0.717) is 18.8 Å². The van der Waals surface area contributed by atoms with Crippen LogP contribution in [0.4, 0.5) is 0 Å². The lowest BCUT2D eigenvalue weighted by atomic mass is 9.87. The van der Waals surface area contributed by atoms with Crippen molar-refractivity contribution in [2.24, 2.45) is 0 Å². The molecule has 1 aromatic heterocycles. The van der Waals surface area contributed by atoms with E-state index in [-0.39, 0.29) is 5.41 Å². The van der Waals surface area contributed by atoms with Crippen molar-refractivity contribution >= 4 is 0 Å². The maximum atomic E-state index is 8.96. The van der Waals surface area contributed by atoms with E-state index in [1.165, 1.54) is 5.56 Å². The highest BCUT2D eigenvalue weighted by Crippen LogP contribution is 2.24. The van der Waals surface area contributed by atoms with Crippen LogP contribution in [0.3, 0.4) is 0 Å². The third-order valence-corrected chi connectivity index (χ3v) is 3.57. The van der Waals surface area contributed by atoms with Gasteiger partial charge < -0.3 is 4.74 Å². The highest BCUT2D eigenvalue weighted by molar-refractivity contribution is 5.31. The van der Waals surface area contributed by atoms with Crippen LogP contribution in [0.5, 0.6) is 5.75 Å². The topological polar surface area (TPSA) is 63.7 Å². The molecule has 0 spiro atoms. The Morgan fingerprint density at radius 3 is 2.45 bits per heavy atom. The molecule has 1 heterocycles. The molecule has 1 aromatic carbocycles. The van der Waals surface area contributed by atoms with Crippen LogP contribution in [0.15, 0.2) is 24.3 Å². The molecule has 0 aliphatic rings. The highest BCUT2D eigenvalue weighted by atomic mass is 16.5. The standard InChI is InChI=1S/C17H22N4O/c1-5-16-15(12-18)19-20-21(16)10-11-22-14-8-6-13(7-9-14)17(2,3)4/h6-9H,5,10-11H2,1-4H3. The summed E-state index contributed by atoms with van der Waals surface area (Å²) in [6.45, 7) is 9.63. The minimum atomic E-state index is 0.142. The van der Waals surface area contributed by atoms with Gasteiger partial charge in [0.1, 0.15) is 18.4 Å². The van der Waals surface area contributed by atoms with Crippen LogP contribution in [-0.4, -0.2) is 21.6 Å². The third-order valence-electron chi connectivity index (χ3n) is 3.57. The fraction of sp³-hybridized carbons (Fsp3) is 0.471. The molecular formula is C17H22N4O. The Hall–Kier alpha value is -2.35. The summed E-state index contributed by atoms with van der Waals surface area (Å²) in [5, 5.41) is 16.8. The molecule has 0 unspecified atom stereocenters. The Kier molecular flexibility index (Phi) is 4.81.